The standard InChI is InChI=1S/C11H15N7O2S/c1-12-9-14-10(17-5-7-21(19,20)8-6-17)16-11(15-9)18-4-2-3-13-18/h2-4H,5-8H2,1H3,(H,12,14,15,16). The highest BCUT2D eigenvalue weighted by atomic mass is 32.2. The molecule has 112 valence electrons. The number of nitrogens with one attached hydrogen (secondary N) is 1. The molecule has 0 amide bonds. The zero-order valence-electron chi connectivity index (χ0n) is 11.5. The largest absolute Gasteiger partial charge is 0.357 e. The van der Waals surface area contributed by atoms with E-state index in [-0.39, 0.29) is 11.5 Å². The lowest BCUT2D eigenvalue weighted by Crippen LogP contribution is -2.41. The summed E-state index contributed by atoms with van der Waals surface area (Å²) in [5.41, 5.74) is 0. The first-order chi connectivity index (χ1) is 10.1. The molecule has 9 nitrogen and oxygen atoms in total. The molecule has 1 N–H and O–H groups in total. The Morgan fingerprint density at radius 2 is 1.86 bits per heavy atom. The van der Waals surface area contributed by atoms with E-state index in [1.807, 2.05) is 4.90 Å². The van der Waals surface area contributed by atoms with Crippen LogP contribution in [-0.2, 0) is 9.84 Å². The SMILES string of the molecule is CNc1nc(N2CCS(=O)(=O)CC2)nc(-n2cccn2)n1. The molecule has 0 aromatic carbocycles. The van der Waals surface area contributed by atoms with Crippen molar-refractivity contribution in [1.29, 1.82) is 0 Å². The van der Waals surface area contributed by atoms with Crippen LogP contribution < -0.4 is 10.2 Å². The van der Waals surface area contributed by atoms with Crippen LogP contribution in [0.5, 0.6) is 0 Å². The monoisotopic (exact) mass is 309 g/mol. The lowest BCUT2D eigenvalue weighted by atomic mass is 10.5. The summed E-state index contributed by atoms with van der Waals surface area (Å²) in [5.74, 6) is 1.49. The Labute approximate surface area is 122 Å². The Bertz CT molecular complexity index is 715. The second-order valence-corrected chi connectivity index (χ2v) is 6.90. The van der Waals surface area contributed by atoms with Gasteiger partial charge in [-0.15, -0.1) is 0 Å². The van der Waals surface area contributed by atoms with E-state index in [4.69, 9.17) is 0 Å². The molecule has 0 radical (unpaired) electrons. The van der Waals surface area contributed by atoms with Gasteiger partial charge in [0.25, 0.3) is 5.95 Å². The van der Waals surface area contributed by atoms with Crippen LogP contribution in [-0.4, -0.2) is 64.8 Å². The van der Waals surface area contributed by atoms with Crippen LogP contribution in [0.1, 0.15) is 0 Å². The minimum absolute atomic E-state index is 0.116. The second-order valence-electron chi connectivity index (χ2n) is 4.60. The highest BCUT2D eigenvalue weighted by molar-refractivity contribution is 7.91. The molecular weight excluding hydrogens is 294 g/mol. The first kappa shape index (κ1) is 13.7. The number of anilines is 2. The molecule has 3 rings (SSSR count). The number of hydrogen-bond donors (Lipinski definition) is 1. The van der Waals surface area contributed by atoms with Gasteiger partial charge in [0.2, 0.25) is 11.9 Å². The summed E-state index contributed by atoms with van der Waals surface area (Å²) >= 11 is 0. The van der Waals surface area contributed by atoms with Crippen molar-refractivity contribution in [3.8, 4) is 5.95 Å². The van der Waals surface area contributed by atoms with Gasteiger partial charge in [0.1, 0.15) is 0 Å². The fourth-order valence-corrected chi connectivity index (χ4v) is 3.21. The van der Waals surface area contributed by atoms with Crippen LogP contribution in [0.15, 0.2) is 18.5 Å². The Kier molecular flexibility index (Phi) is 3.45. The van der Waals surface area contributed by atoms with Gasteiger partial charge in [-0.3, -0.25) is 0 Å². The summed E-state index contributed by atoms with van der Waals surface area (Å²) < 4.78 is 24.5. The fraction of sp³-hybridized carbons (Fsp3) is 0.455. The van der Waals surface area contributed by atoms with Gasteiger partial charge in [-0.1, -0.05) is 0 Å². The summed E-state index contributed by atoms with van der Waals surface area (Å²) in [6.45, 7) is 0.766. The number of aromatic nitrogens is 5. The van der Waals surface area contributed by atoms with E-state index in [0.29, 0.717) is 30.9 Å². The molecular formula is C11H15N7O2S. The first-order valence-electron chi connectivity index (χ1n) is 6.47. The number of rotatable bonds is 3. The maximum absolute atomic E-state index is 11.5. The van der Waals surface area contributed by atoms with Crippen LogP contribution in [0.2, 0.25) is 0 Å². The van der Waals surface area contributed by atoms with Crippen molar-refractivity contribution in [2.24, 2.45) is 0 Å². The predicted molar refractivity (Wildman–Crippen MR) is 77.4 cm³/mol. The molecule has 1 fully saturated rings. The molecule has 1 saturated heterocycles. The van der Waals surface area contributed by atoms with Gasteiger partial charge >= 0.3 is 0 Å². The maximum Gasteiger partial charge on any atom is 0.257 e. The van der Waals surface area contributed by atoms with Crippen molar-refractivity contribution >= 4 is 21.7 Å². The quantitative estimate of drug-likeness (QED) is 0.796. The lowest BCUT2D eigenvalue weighted by Gasteiger charge is -2.26. The Morgan fingerprint density at radius 1 is 1.14 bits per heavy atom. The summed E-state index contributed by atoms with van der Waals surface area (Å²) in [6, 6.07) is 1.77. The van der Waals surface area contributed by atoms with Gasteiger partial charge in [0.05, 0.1) is 11.5 Å². The van der Waals surface area contributed by atoms with Gasteiger partial charge in [-0.05, 0) is 6.07 Å². The van der Waals surface area contributed by atoms with Crippen molar-refractivity contribution in [2.45, 2.75) is 0 Å². The summed E-state index contributed by atoms with van der Waals surface area (Å²) in [6.07, 6.45) is 3.37. The van der Waals surface area contributed by atoms with Crippen LogP contribution >= 0.6 is 0 Å². The molecule has 1 aliphatic heterocycles. The summed E-state index contributed by atoms with van der Waals surface area (Å²) in [4.78, 5) is 14.7. The van der Waals surface area contributed by atoms with E-state index >= 15 is 0 Å². The minimum Gasteiger partial charge on any atom is -0.357 e. The highest BCUT2D eigenvalue weighted by Gasteiger charge is 2.24. The normalized spacial score (nSPS) is 17.7. The highest BCUT2D eigenvalue weighted by Crippen LogP contribution is 2.15. The second kappa shape index (κ2) is 5.28. The third-order valence-electron chi connectivity index (χ3n) is 3.17. The van der Waals surface area contributed by atoms with E-state index < -0.39 is 9.84 Å². The molecule has 0 bridgehead atoms. The molecule has 2 aromatic heterocycles. The number of hydrogen-bond acceptors (Lipinski definition) is 8. The average molecular weight is 309 g/mol. The lowest BCUT2D eigenvalue weighted by molar-refractivity contribution is 0.585. The third-order valence-corrected chi connectivity index (χ3v) is 4.78. The van der Waals surface area contributed by atoms with Gasteiger partial charge < -0.3 is 10.2 Å². The van der Waals surface area contributed by atoms with E-state index in [9.17, 15) is 8.42 Å². The van der Waals surface area contributed by atoms with E-state index in [1.165, 1.54) is 4.68 Å². The molecule has 0 unspecified atom stereocenters. The van der Waals surface area contributed by atoms with Crippen molar-refractivity contribution < 1.29 is 8.42 Å². The van der Waals surface area contributed by atoms with Crippen molar-refractivity contribution in [1.82, 2.24) is 24.7 Å². The van der Waals surface area contributed by atoms with E-state index in [2.05, 4.69) is 25.4 Å². The molecule has 1 aliphatic rings. The van der Waals surface area contributed by atoms with Gasteiger partial charge in [-0.25, -0.2) is 13.1 Å². The Hall–Kier alpha value is -2.23. The maximum atomic E-state index is 11.5. The number of sulfone groups is 1. The molecule has 2 aromatic rings. The molecule has 0 aliphatic carbocycles. The first-order valence-corrected chi connectivity index (χ1v) is 8.29. The number of nitrogens with zero attached hydrogens (tertiary/aromatic N) is 6. The molecule has 10 heteroatoms. The smallest absolute Gasteiger partial charge is 0.257 e. The zero-order chi connectivity index (χ0) is 14.9. The third kappa shape index (κ3) is 2.94. The van der Waals surface area contributed by atoms with Crippen LogP contribution in [0.25, 0.3) is 5.95 Å². The van der Waals surface area contributed by atoms with Gasteiger partial charge in [-0.2, -0.15) is 20.1 Å². The molecule has 0 spiro atoms. The van der Waals surface area contributed by atoms with E-state index in [0.717, 1.165) is 0 Å². The van der Waals surface area contributed by atoms with Crippen molar-refractivity contribution in [2.75, 3.05) is 41.9 Å². The molecule has 21 heavy (non-hydrogen) atoms. The van der Waals surface area contributed by atoms with E-state index in [1.54, 1.807) is 25.5 Å². The van der Waals surface area contributed by atoms with Crippen LogP contribution in [0.3, 0.4) is 0 Å². The fourth-order valence-electron chi connectivity index (χ4n) is 2.01. The van der Waals surface area contributed by atoms with Crippen molar-refractivity contribution in [3.05, 3.63) is 18.5 Å². The van der Waals surface area contributed by atoms with Crippen LogP contribution in [0.4, 0.5) is 11.9 Å². The summed E-state index contributed by atoms with van der Waals surface area (Å²) in [7, 11) is -1.22. The Morgan fingerprint density at radius 3 is 2.48 bits per heavy atom. The molecule has 3 heterocycles. The van der Waals surface area contributed by atoms with Gasteiger partial charge in [0, 0.05) is 32.5 Å². The molecule has 0 atom stereocenters. The van der Waals surface area contributed by atoms with Gasteiger partial charge in [0.15, 0.2) is 9.84 Å². The predicted octanol–water partition coefficient (Wildman–Crippen LogP) is -0.666. The zero-order valence-corrected chi connectivity index (χ0v) is 12.3. The van der Waals surface area contributed by atoms with Crippen molar-refractivity contribution in [3.63, 3.8) is 0 Å². The minimum atomic E-state index is -2.94. The van der Waals surface area contributed by atoms with Crippen LogP contribution in [0, 0.1) is 0 Å². The Balaban J connectivity index is 1.93. The summed E-state index contributed by atoms with van der Waals surface area (Å²) in [5, 5.41) is 6.97. The molecule has 0 saturated carbocycles. The topological polar surface area (TPSA) is 106 Å². The average Bonchev–Trinajstić information content (AvgIpc) is 3.01.